The molecular weight excluding hydrogens is 582 g/mol. The number of methoxy groups -OCH3 is 1. The van der Waals surface area contributed by atoms with Crippen molar-refractivity contribution in [2.45, 2.75) is 90.4 Å². The van der Waals surface area contributed by atoms with Crippen molar-refractivity contribution < 1.29 is 23.5 Å². The lowest BCUT2D eigenvalue weighted by Crippen LogP contribution is -2.62. The van der Waals surface area contributed by atoms with E-state index in [9.17, 15) is 19.2 Å². The van der Waals surface area contributed by atoms with Gasteiger partial charge in [-0.05, 0) is 69.2 Å². The Morgan fingerprint density at radius 2 is 1.80 bits per heavy atom. The van der Waals surface area contributed by atoms with Crippen LogP contribution >= 0.6 is 11.6 Å². The summed E-state index contributed by atoms with van der Waals surface area (Å²) in [7, 11) is 1.28. The SMILES string of the molecule is CC[C@@H]1CC(C(=O)NC(C)(C)C)N(C(Cc2ccccc2)C(=O)NC(C(=O)OC)C(C)C)c2c1c(=O)oc1ccc(Cl)cc21. The Morgan fingerprint density at radius 3 is 2.39 bits per heavy atom. The summed E-state index contributed by atoms with van der Waals surface area (Å²) in [5.74, 6) is -1.90. The van der Waals surface area contributed by atoms with Crippen molar-refractivity contribution in [3.63, 3.8) is 0 Å². The maximum Gasteiger partial charge on any atom is 0.341 e. The summed E-state index contributed by atoms with van der Waals surface area (Å²) < 4.78 is 10.8. The molecule has 9 nitrogen and oxygen atoms in total. The monoisotopic (exact) mass is 623 g/mol. The van der Waals surface area contributed by atoms with Crippen molar-refractivity contribution in [2.75, 3.05) is 12.0 Å². The number of nitrogens with one attached hydrogen (secondary N) is 2. The fraction of sp³-hybridized carbons (Fsp3) is 0.471. The summed E-state index contributed by atoms with van der Waals surface area (Å²) in [6, 6.07) is 11.6. The Morgan fingerprint density at radius 1 is 1.11 bits per heavy atom. The highest BCUT2D eigenvalue weighted by atomic mass is 35.5. The van der Waals surface area contributed by atoms with Gasteiger partial charge in [-0.3, -0.25) is 9.59 Å². The van der Waals surface area contributed by atoms with Gasteiger partial charge in [-0.15, -0.1) is 0 Å². The van der Waals surface area contributed by atoms with Crippen LogP contribution in [0.4, 0.5) is 5.69 Å². The van der Waals surface area contributed by atoms with Gasteiger partial charge in [-0.25, -0.2) is 9.59 Å². The van der Waals surface area contributed by atoms with E-state index in [1.807, 2.05) is 71.9 Å². The molecule has 236 valence electrons. The Labute approximate surface area is 263 Å². The lowest BCUT2D eigenvalue weighted by Gasteiger charge is -2.45. The predicted molar refractivity (Wildman–Crippen MR) is 172 cm³/mol. The van der Waals surface area contributed by atoms with Crippen molar-refractivity contribution in [1.82, 2.24) is 10.6 Å². The van der Waals surface area contributed by atoms with E-state index in [2.05, 4.69) is 10.6 Å². The van der Waals surface area contributed by atoms with Gasteiger partial charge in [-0.2, -0.15) is 0 Å². The third-order valence-corrected chi connectivity index (χ3v) is 8.24. The van der Waals surface area contributed by atoms with Crippen LogP contribution in [0, 0.1) is 5.92 Å². The molecule has 2 heterocycles. The number of carbonyl (C=O) groups excluding carboxylic acids is 3. The average molecular weight is 624 g/mol. The van der Waals surface area contributed by atoms with Gasteiger partial charge >= 0.3 is 11.6 Å². The van der Waals surface area contributed by atoms with Crippen molar-refractivity contribution in [2.24, 2.45) is 5.92 Å². The molecule has 2 N–H and O–H groups in total. The van der Waals surface area contributed by atoms with Crippen molar-refractivity contribution in [3.8, 4) is 0 Å². The maximum atomic E-state index is 14.5. The van der Waals surface area contributed by atoms with E-state index in [-0.39, 0.29) is 30.6 Å². The van der Waals surface area contributed by atoms with Crippen molar-refractivity contribution in [3.05, 3.63) is 75.1 Å². The van der Waals surface area contributed by atoms with Gasteiger partial charge in [0.25, 0.3) is 0 Å². The molecule has 2 amide bonds. The molecule has 3 aromatic rings. The number of hydrogen-bond donors (Lipinski definition) is 2. The number of ether oxygens (including phenoxy) is 1. The highest BCUT2D eigenvalue weighted by Gasteiger charge is 2.45. The lowest BCUT2D eigenvalue weighted by molar-refractivity contribution is -0.146. The van der Waals surface area contributed by atoms with E-state index in [0.29, 0.717) is 33.7 Å². The normalized spacial score (nSPS) is 18.0. The fourth-order valence-electron chi connectivity index (χ4n) is 5.93. The molecule has 4 rings (SSSR count). The number of amides is 2. The zero-order valence-corrected chi connectivity index (χ0v) is 27.2. The number of nitrogens with zero attached hydrogens (tertiary/aromatic N) is 1. The standard InChI is InChI=1S/C34H42ClN3O6/c1-8-21-17-25(31(40)37-34(4,5)6)38(29-23-18-22(35)14-15-26(23)44-32(41)27(21)29)24(16-20-12-10-9-11-13-20)30(39)36-28(19(2)3)33(42)43-7/h9-15,18-19,21,24-25,28H,8,16-17H2,1-7H3,(H,36,39)(H,37,40)/t21-,24?,25?,28?/m1/s1. The van der Waals surface area contributed by atoms with E-state index >= 15 is 0 Å². The number of rotatable bonds is 9. The number of esters is 1. The predicted octanol–water partition coefficient (Wildman–Crippen LogP) is 5.36. The highest BCUT2D eigenvalue weighted by molar-refractivity contribution is 6.31. The molecule has 2 aromatic carbocycles. The first kappa shape index (κ1) is 33.1. The van der Waals surface area contributed by atoms with E-state index in [4.69, 9.17) is 20.8 Å². The summed E-state index contributed by atoms with van der Waals surface area (Å²) >= 11 is 6.48. The minimum atomic E-state index is -1.00. The van der Waals surface area contributed by atoms with Gasteiger partial charge in [0.15, 0.2) is 0 Å². The molecular formula is C34H42ClN3O6. The minimum Gasteiger partial charge on any atom is -0.467 e. The van der Waals surface area contributed by atoms with E-state index in [1.165, 1.54) is 7.11 Å². The maximum absolute atomic E-state index is 14.5. The summed E-state index contributed by atoms with van der Waals surface area (Å²) in [6.07, 6.45) is 1.05. The number of halogens is 1. The van der Waals surface area contributed by atoms with Crippen LogP contribution in [-0.4, -0.2) is 48.6 Å². The largest absolute Gasteiger partial charge is 0.467 e. The molecule has 3 unspecified atom stereocenters. The second-order valence-corrected chi connectivity index (χ2v) is 13.2. The van der Waals surface area contributed by atoms with Crippen molar-refractivity contribution >= 4 is 46.0 Å². The molecule has 0 saturated heterocycles. The molecule has 1 aliphatic rings. The number of benzene rings is 2. The summed E-state index contributed by atoms with van der Waals surface area (Å²) in [4.78, 5) is 56.8. The molecule has 1 aromatic heterocycles. The molecule has 0 spiro atoms. The van der Waals surface area contributed by atoms with Crippen LogP contribution in [0.2, 0.25) is 5.02 Å². The minimum absolute atomic E-state index is 0.191. The Kier molecular flexibility index (Phi) is 10.1. The molecule has 44 heavy (non-hydrogen) atoms. The second-order valence-electron chi connectivity index (χ2n) is 12.8. The van der Waals surface area contributed by atoms with Crippen LogP contribution in [0.1, 0.15) is 71.4 Å². The highest BCUT2D eigenvalue weighted by Crippen LogP contribution is 2.44. The number of hydrogen-bond acceptors (Lipinski definition) is 7. The molecule has 10 heteroatoms. The molecule has 1 aliphatic heterocycles. The van der Waals surface area contributed by atoms with Crippen molar-refractivity contribution in [1.29, 1.82) is 0 Å². The van der Waals surface area contributed by atoms with Gasteiger partial charge in [0.2, 0.25) is 11.8 Å². The zero-order chi connectivity index (χ0) is 32.3. The zero-order valence-electron chi connectivity index (χ0n) is 26.4. The van der Waals surface area contributed by atoms with Crippen LogP contribution in [0.25, 0.3) is 11.0 Å². The second kappa shape index (κ2) is 13.4. The average Bonchev–Trinajstić information content (AvgIpc) is 2.97. The van der Waals surface area contributed by atoms with Crippen LogP contribution in [0.15, 0.2) is 57.7 Å². The summed E-state index contributed by atoms with van der Waals surface area (Å²) in [6.45, 7) is 11.3. The topological polar surface area (TPSA) is 118 Å². The number of carbonyl (C=O) groups is 3. The first-order valence-corrected chi connectivity index (χ1v) is 15.4. The number of anilines is 1. The van der Waals surface area contributed by atoms with Crippen LogP contribution < -0.4 is 21.2 Å². The Hall–Kier alpha value is -3.85. The third kappa shape index (κ3) is 7.09. The quantitative estimate of drug-likeness (QED) is 0.243. The first-order chi connectivity index (χ1) is 20.7. The molecule has 0 fully saturated rings. The van der Waals surface area contributed by atoms with Gasteiger partial charge in [0, 0.05) is 22.4 Å². The van der Waals surface area contributed by atoms with Gasteiger partial charge in [0.05, 0.1) is 18.4 Å². The van der Waals surface area contributed by atoms with Gasteiger partial charge < -0.3 is 24.7 Å². The smallest absolute Gasteiger partial charge is 0.341 e. The Bertz CT molecular complexity index is 1580. The van der Waals surface area contributed by atoms with E-state index < -0.39 is 41.2 Å². The van der Waals surface area contributed by atoms with Gasteiger partial charge in [0.1, 0.15) is 23.7 Å². The fourth-order valence-corrected chi connectivity index (χ4v) is 6.10. The molecule has 0 radical (unpaired) electrons. The lowest BCUT2D eigenvalue weighted by atomic mass is 9.81. The van der Waals surface area contributed by atoms with Crippen LogP contribution in [-0.2, 0) is 25.5 Å². The summed E-state index contributed by atoms with van der Waals surface area (Å²) in [5.41, 5.74) is 0.906. The van der Waals surface area contributed by atoms with Gasteiger partial charge in [-0.1, -0.05) is 62.7 Å². The molecule has 0 aliphatic carbocycles. The number of fused-ring (bicyclic) bond motifs is 3. The third-order valence-electron chi connectivity index (χ3n) is 8.01. The molecule has 0 saturated carbocycles. The molecule has 0 bridgehead atoms. The Balaban J connectivity index is 2.02. The molecule has 4 atom stereocenters. The first-order valence-electron chi connectivity index (χ1n) is 15.0. The van der Waals surface area contributed by atoms with E-state index in [0.717, 1.165) is 5.56 Å². The van der Waals surface area contributed by atoms with Crippen LogP contribution in [0.3, 0.4) is 0 Å². The summed E-state index contributed by atoms with van der Waals surface area (Å²) in [5, 5.41) is 6.95. The van der Waals surface area contributed by atoms with E-state index in [1.54, 1.807) is 23.1 Å². The van der Waals surface area contributed by atoms with Crippen LogP contribution in [0.5, 0.6) is 0 Å².